The number of aromatic hydroxyl groups is 1. The second kappa shape index (κ2) is 9.76. The summed E-state index contributed by atoms with van der Waals surface area (Å²) < 4.78 is 4.96. The van der Waals surface area contributed by atoms with Crippen molar-refractivity contribution >= 4 is 41.0 Å². The molecule has 0 aromatic heterocycles. The van der Waals surface area contributed by atoms with Crippen LogP contribution in [0.1, 0.15) is 17.5 Å². The number of nitrogens with zero attached hydrogens (tertiary/aromatic N) is 1. The van der Waals surface area contributed by atoms with Crippen LogP contribution < -0.4 is 9.64 Å². The standard InChI is InChI=1S/C22H22ClNO4/c1-24(2)17-8-6-16(20(23)13-17)7-10-19(26)14-18(25)9-4-15-5-11-22(28-3)21(27)12-15/h4-13,27H,14H2,1-3H3. The molecule has 0 aliphatic heterocycles. The Morgan fingerprint density at radius 3 is 2.32 bits per heavy atom. The Balaban J connectivity index is 1.96. The smallest absolute Gasteiger partial charge is 0.163 e. The molecule has 2 aromatic rings. The molecule has 6 heteroatoms. The van der Waals surface area contributed by atoms with Gasteiger partial charge in [-0.15, -0.1) is 0 Å². The van der Waals surface area contributed by atoms with E-state index in [1.54, 1.807) is 18.2 Å². The Morgan fingerprint density at radius 2 is 1.75 bits per heavy atom. The molecule has 0 heterocycles. The number of allylic oxidation sites excluding steroid dienone is 2. The Labute approximate surface area is 169 Å². The molecule has 0 atom stereocenters. The maximum absolute atomic E-state index is 12.0. The highest BCUT2D eigenvalue weighted by Gasteiger charge is 2.06. The predicted molar refractivity (Wildman–Crippen MR) is 113 cm³/mol. The van der Waals surface area contributed by atoms with E-state index in [1.807, 2.05) is 37.2 Å². The monoisotopic (exact) mass is 399 g/mol. The number of ether oxygens (including phenoxy) is 1. The van der Waals surface area contributed by atoms with E-state index >= 15 is 0 Å². The van der Waals surface area contributed by atoms with Crippen LogP contribution in [0.25, 0.3) is 12.2 Å². The molecule has 2 aromatic carbocycles. The fourth-order valence-electron chi connectivity index (χ4n) is 2.40. The lowest BCUT2D eigenvalue weighted by Crippen LogP contribution is -2.08. The highest BCUT2D eigenvalue weighted by atomic mass is 35.5. The minimum absolute atomic E-state index is 0.0201. The van der Waals surface area contributed by atoms with Crippen LogP contribution in [0.4, 0.5) is 5.69 Å². The Morgan fingerprint density at radius 1 is 1.07 bits per heavy atom. The summed E-state index contributed by atoms with van der Waals surface area (Å²) in [6.45, 7) is 0. The maximum atomic E-state index is 12.0. The number of hydrogen-bond acceptors (Lipinski definition) is 5. The summed E-state index contributed by atoms with van der Waals surface area (Å²) in [5.41, 5.74) is 2.29. The van der Waals surface area contributed by atoms with Crippen LogP contribution >= 0.6 is 11.6 Å². The van der Waals surface area contributed by atoms with Crippen LogP contribution in [0.5, 0.6) is 11.5 Å². The van der Waals surface area contributed by atoms with Crippen LogP contribution in [0.3, 0.4) is 0 Å². The van der Waals surface area contributed by atoms with Gasteiger partial charge in [-0.2, -0.15) is 0 Å². The van der Waals surface area contributed by atoms with E-state index in [0.29, 0.717) is 21.9 Å². The summed E-state index contributed by atoms with van der Waals surface area (Å²) in [5.74, 6) is -0.326. The van der Waals surface area contributed by atoms with E-state index in [9.17, 15) is 14.7 Å². The second-order valence-electron chi connectivity index (χ2n) is 6.31. The number of anilines is 1. The fraction of sp³-hybridized carbons (Fsp3) is 0.182. The van der Waals surface area contributed by atoms with Crippen molar-refractivity contribution in [3.63, 3.8) is 0 Å². The fourth-order valence-corrected chi connectivity index (χ4v) is 2.64. The largest absolute Gasteiger partial charge is 0.504 e. The van der Waals surface area contributed by atoms with Crippen LogP contribution in [-0.2, 0) is 9.59 Å². The molecular formula is C22H22ClNO4. The first-order valence-electron chi connectivity index (χ1n) is 8.56. The van der Waals surface area contributed by atoms with Gasteiger partial charge in [-0.3, -0.25) is 9.59 Å². The van der Waals surface area contributed by atoms with Crippen LogP contribution in [0.2, 0.25) is 5.02 Å². The normalized spacial score (nSPS) is 11.1. The molecule has 0 fully saturated rings. The molecule has 5 nitrogen and oxygen atoms in total. The van der Waals surface area contributed by atoms with Crippen molar-refractivity contribution in [2.24, 2.45) is 0 Å². The van der Waals surface area contributed by atoms with Gasteiger partial charge in [-0.1, -0.05) is 29.8 Å². The van der Waals surface area contributed by atoms with Gasteiger partial charge >= 0.3 is 0 Å². The molecule has 0 spiro atoms. The molecule has 0 amide bonds. The number of phenolic OH excluding ortho intramolecular Hbond substituents is 1. The minimum Gasteiger partial charge on any atom is -0.504 e. The van der Waals surface area contributed by atoms with E-state index in [1.165, 1.54) is 31.4 Å². The van der Waals surface area contributed by atoms with Crippen molar-refractivity contribution in [1.29, 1.82) is 0 Å². The molecule has 146 valence electrons. The number of phenols is 1. The predicted octanol–water partition coefficient (Wildman–Crippen LogP) is 4.38. The van der Waals surface area contributed by atoms with Gasteiger partial charge in [0, 0.05) is 24.8 Å². The lowest BCUT2D eigenvalue weighted by atomic mass is 10.1. The number of rotatable bonds is 8. The molecule has 0 bridgehead atoms. The molecule has 0 saturated carbocycles. The molecule has 0 saturated heterocycles. The first kappa shape index (κ1) is 21.3. The molecule has 0 aliphatic carbocycles. The molecule has 28 heavy (non-hydrogen) atoms. The Bertz CT molecular complexity index is 932. The minimum atomic E-state index is -0.334. The number of halogens is 1. The van der Waals surface area contributed by atoms with Gasteiger partial charge in [0.25, 0.3) is 0 Å². The van der Waals surface area contributed by atoms with Crippen molar-refractivity contribution in [1.82, 2.24) is 0 Å². The first-order valence-corrected chi connectivity index (χ1v) is 8.93. The van der Waals surface area contributed by atoms with E-state index in [4.69, 9.17) is 16.3 Å². The van der Waals surface area contributed by atoms with Crippen LogP contribution in [0.15, 0.2) is 48.6 Å². The van der Waals surface area contributed by atoms with E-state index in [2.05, 4.69) is 0 Å². The number of carbonyl (C=O) groups is 2. The summed E-state index contributed by atoms with van der Waals surface area (Å²) in [6, 6.07) is 10.3. The Hall–Kier alpha value is -3.05. The van der Waals surface area contributed by atoms with Gasteiger partial charge in [0.05, 0.1) is 13.5 Å². The van der Waals surface area contributed by atoms with Crippen molar-refractivity contribution in [3.8, 4) is 11.5 Å². The topological polar surface area (TPSA) is 66.8 Å². The summed E-state index contributed by atoms with van der Waals surface area (Å²) in [5, 5.41) is 10.3. The van der Waals surface area contributed by atoms with Gasteiger partial charge in [0.1, 0.15) is 0 Å². The van der Waals surface area contributed by atoms with Gasteiger partial charge < -0.3 is 14.7 Å². The Kier molecular flexibility index (Phi) is 7.41. The average molecular weight is 400 g/mol. The van der Waals surface area contributed by atoms with E-state index in [-0.39, 0.29) is 23.7 Å². The van der Waals surface area contributed by atoms with Crippen LogP contribution in [0, 0.1) is 0 Å². The van der Waals surface area contributed by atoms with Crippen molar-refractivity contribution < 1.29 is 19.4 Å². The van der Waals surface area contributed by atoms with Gasteiger partial charge in [0.2, 0.25) is 0 Å². The zero-order valence-electron chi connectivity index (χ0n) is 16.0. The third-order valence-electron chi connectivity index (χ3n) is 3.96. The summed E-state index contributed by atoms with van der Waals surface area (Å²) in [4.78, 5) is 25.9. The molecule has 0 aliphatic rings. The second-order valence-corrected chi connectivity index (χ2v) is 6.71. The number of methoxy groups -OCH3 is 1. The highest BCUT2D eigenvalue weighted by molar-refractivity contribution is 6.32. The average Bonchev–Trinajstić information content (AvgIpc) is 2.65. The zero-order chi connectivity index (χ0) is 20.7. The summed E-state index contributed by atoms with van der Waals surface area (Å²) in [7, 11) is 5.28. The van der Waals surface area contributed by atoms with Crippen molar-refractivity contribution in [2.75, 3.05) is 26.1 Å². The van der Waals surface area contributed by atoms with Gasteiger partial charge in [-0.05, 0) is 53.6 Å². The molecule has 0 unspecified atom stereocenters. The quantitative estimate of drug-likeness (QED) is 0.527. The third-order valence-corrected chi connectivity index (χ3v) is 4.29. The number of hydrogen-bond donors (Lipinski definition) is 1. The number of carbonyl (C=O) groups excluding carboxylic acids is 2. The van der Waals surface area contributed by atoms with Crippen LogP contribution in [-0.4, -0.2) is 37.9 Å². The van der Waals surface area contributed by atoms with Crippen molar-refractivity contribution in [2.45, 2.75) is 6.42 Å². The molecular weight excluding hydrogens is 378 g/mol. The molecule has 1 N–H and O–H groups in total. The summed E-state index contributed by atoms with van der Waals surface area (Å²) >= 11 is 6.22. The lowest BCUT2D eigenvalue weighted by molar-refractivity contribution is -0.121. The van der Waals surface area contributed by atoms with Gasteiger partial charge in [-0.25, -0.2) is 0 Å². The van der Waals surface area contributed by atoms with Crippen molar-refractivity contribution in [3.05, 3.63) is 64.7 Å². The first-order chi connectivity index (χ1) is 13.3. The molecule has 0 radical (unpaired) electrons. The van der Waals surface area contributed by atoms with E-state index in [0.717, 1.165) is 5.69 Å². The third kappa shape index (κ3) is 5.99. The molecule has 2 rings (SSSR count). The lowest BCUT2D eigenvalue weighted by Gasteiger charge is -2.13. The zero-order valence-corrected chi connectivity index (χ0v) is 16.7. The number of ketones is 2. The maximum Gasteiger partial charge on any atom is 0.163 e. The summed E-state index contributed by atoms with van der Waals surface area (Å²) in [6.07, 6.45) is 5.55. The van der Waals surface area contributed by atoms with E-state index < -0.39 is 0 Å². The highest BCUT2D eigenvalue weighted by Crippen LogP contribution is 2.26. The number of benzene rings is 2. The SMILES string of the molecule is COc1ccc(C=CC(=O)CC(=O)C=Cc2ccc(N(C)C)cc2Cl)cc1O. The van der Waals surface area contributed by atoms with Gasteiger partial charge in [0.15, 0.2) is 23.1 Å².